The number of rotatable bonds is 2. The normalized spacial score (nSPS) is 17.9. The van der Waals surface area contributed by atoms with Gasteiger partial charge < -0.3 is 15.8 Å². The standard InChI is InChI=1S/C13H16N4O/c1-18-11-4-2-3-9(5-11)10-6-15-13-12(14)7-16-17(13)8-10/h2-5,7,10,15H,6,8,14H2,1H3. The monoisotopic (exact) mass is 244 g/mol. The van der Waals surface area contributed by atoms with Gasteiger partial charge in [0.2, 0.25) is 0 Å². The summed E-state index contributed by atoms with van der Waals surface area (Å²) in [4.78, 5) is 0. The minimum absolute atomic E-state index is 0.381. The third-order valence-corrected chi connectivity index (χ3v) is 3.34. The maximum absolute atomic E-state index is 5.83. The number of benzene rings is 1. The molecule has 0 fully saturated rings. The van der Waals surface area contributed by atoms with E-state index < -0.39 is 0 Å². The van der Waals surface area contributed by atoms with Gasteiger partial charge in [0.1, 0.15) is 11.6 Å². The smallest absolute Gasteiger partial charge is 0.147 e. The summed E-state index contributed by atoms with van der Waals surface area (Å²) in [7, 11) is 1.69. The van der Waals surface area contributed by atoms with E-state index in [0.29, 0.717) is 11.6 Å². The van der Waals surface area contributed by atoms with Gasteiger partial charge in [-0.1, -0.05) is 12.1 Å². The van der Waals surface area contributed by atoms with Gasteiger partial charge in [0.25, 0.3) is 0 Å². The molecule has 1 aliphatic rings. The van der Waals surface area contributed by atoms with Crippen LogP contribution in [0.3, 0.4) is 0 Å². The van der Waals surface area contributed by atoms with Crippen LogP contribution in [0, 0.1) is 0 Å². The Balaban J connectivity index is 1.87. The lowest BCUT2D eigenvalue weighted by Gasteiger charge is -2.25. The van der Waals surface area contributed by atoms with Crippen molar-refractivity contribution in [1.82, 2.24) is 9.78 Å². The first-order chi connectivity index (χ1) is 8.78. The maximum atomic E-state index is 5.83. The topological polar surface area (TPSA) is 65.1 Å². The van der Waals surface area contributed by atoms with Gasteiger partial charge in [-0.3, -0.25) is 0 Å². The van der Waals surface area contributed by atoms with Gasteiger partial charge in [-0.15, -0.1) is 0 Å². The van der Waals surface area contributed by atoms with Crippen LogP contribution in [0.15, 0.2) is 30.5 Å². The Morgan fingerprint density at radius 2 is 2.39 bits per heavy atom. The van der Waals surface area contributed by atoms with Gasteiger partial charge in [0.15, 0.2) is 0 Å². The second-order valence-corrected chi connectivity index (χ2v) is 4.49. The van der Waals surface area contributed by atoms with E-state index in [1.807, 2.05) is 16.8 Å². The summed E-state index contributed by atoms with van der Waals surface area (Å²) < 4.78 is 7.18. The molecule has 1 aromatic heterocycles. The number of anilines is 2. The molecule has 3 rings (SSSR count). The highest BCUT2D eigenvalue weighted by Crippen LogP contribution is 2.29. The van der Waals surface area contributed by atoms with E-state index in [2.05, 4.69) is 22.5 Å². The lowest BCUT2D eigenvalue weighted by molar-refractivity contribution is 0.413. The number of hydrogen-bond acceptors (Lipinski definition) is 4. The molecule has 1 unspecified atom stereocenters. The van der Waals surface area contributed by atoms with Crippen LogP contribution in [-0.2, 0) is 6.54 Å². The van der Waals surface area contributed by atoms with Gasteiger partial charge in [-0.2, -0.15) is 5.10 Å². The minimum atomic E-state index is 0.381. The Labute approximate surface area is 106 Å². The van der Waals surface area contributed by atoms with Crippen molar-refractivity contribution >= 4 is 11.5 Å². The average Bonchev–Trinajstić information content (AvgIpc) is 2.80. The number of nitrogens with one attached hydrogen (secondary N) is 1. The van der Waals surface area contributed by atoms with Crippen molar-refractivity contribution in [3.8, 4) is 5.75 Å². The molecule has 2 heterocycles. The first-order valence-electron chi connectivity index (χ1n) is 5.97. The zero-order valence-electron chi connectivity index (χ0n) is 10.3. The second kappa shape index (κ2) is 4.25. The van der Waals surface area contributed by atoms with Crippen LogP contribution in [0.4, 0.5) is 11.5 Å². The quantitative estimate of drug-likeness (QED) is 0.843. The number of aromatic nitrogens is 2. The van der Waals surface area contributed by atoms with Crippen LogP contribution < -0.4 is 15.8 Å². The Morgan fingerprint density at radius 1 is 1.50 bits per heavy atom. The number of nitrogens with two attached hydrogens (primary N) is 1. The molecule has 0 bridgehead atoms. The van der Waals surface area contributed by atoms with Crippen molar-refractivity contribution in [1.29, 1.82) is 0 Å². The van der Waals surface area contributed by atoms with Crippen molar-refractivity contribution < 1.29 is 4.74 Å². The number of ether oxygens (including phenoxy) is 1. The van der Waals surface area contributed by atoms with Crippen molar-refractivity contribution in [3.63, 3.8) is 0 Å². The van der Waals surface area contributed by atoms with Crippen LogP contribution in [0.5, 0.6) is 5.75 Å². The SMILES string of the molecule is COc1cccc(C2CNc3c(N)cnn3C2)c1. The average molecular weight is 244 g/mol. The lowest BCUT2D eigenvalue weighted by Crippen LogP contribution is -2.26. The largest absolute Gasteiger partial charge is 0.497 e. The first kappa shape index (κ1) is 11.0. The first-order valence-corrected chi connectivity index (χ1v) is 5.97. The fraction of sp³-hybridized carbons (Fsp3) is 0.308. The molecule has 0 radical (unpaired) electrons. The molecule has 94 valence electrons. The van der Waals surface area contributed by atoms with E-state index in [0.717, 1.165) is 24.7 Å². The van der Waals surface area contributed by atoms with Crippen molar-refractivity contribution in [2.45, 2.75) is 12.5 Å². The summed E-state index contributed by atoms with van der Waals surface area (Å²) in [5, 5.41) is 7.60. The molecule has 0 saturated heterocycles. The van der Waals surface area contributed by atoms with Crippen molar-refractivity contribution in [2.24, 2.45) is 0 Å². The molecule has 5 nitrogen and oxygen atoms in total. The molecule has 3 N–H and O–H groups in total. The van der Waals surface area contributed by atoms with E-state index in [1.54, 1.807) is 13.3 Å². The number of nitrogens with zero attached hydrogens (tertiary/aromatic N) is 2. The fourth-order valence-electron chi connectivity index (χ4n) is 2.34. The highest BCUT2D eigenvalue weighted by atomic mass is 16.5. The Hall–Kier alpha value is -2.17. The fourth-order valence-corrected chi connectivity index (χ4v) is 2.34. The summed E-state index contributed by atoms with van der Waals surface area (Å²) in [5.74, 6) is 2.19. The summed E-state index contributed by atoms with van der Waals surface area (Å²) in [6, 6.07) is 8.16. The molecule has 5 heteroatoms. The summed E-state index contributed by atoms with van der Waals surface area (Å²) >= 11 is 0. The van der Waals surface area contributed by atoms with Crippen LogP contribution in [0.25, 0.3) is 0 Å². The predicted octanol–water partition coefficient (Wildman–Crippen LogP) is 1.68. The molecule has 2 aromatic rings. The summed E-state index contributed by atoms with van der Waals surface area (Å²) in [6.07, 6.45) is 1.69. The summed E-state index contributed by atoms with van der Waals surface area (Å²) in [5.41, 5.74) is 7.78. The molecule has 1 aliphatic heterocycles. The second-order valence-electron chi connectivity index (χ2n) is 4.49. The Morgan fingerprint density at radius 3 is 3.22 bits per heavy atom. The van der Waals surface area contributed by atoms with E-state index in [1.165, 1.54) is 5.56 Å². The third kappa shape index (κ3) is 1.77. The third-order valence-electron chi connectivity index (χ3n) is 3.34. The zero-order chi connectivity index (χ0) is 12.5. The number of nitrogen functional groups attached to an aromatic ring is 1. The van der Waals surface area contributed by atoms with Crippen LogP contribution in [0.1, 0.15) is 11.5 Å². The van der Waals surface area contributed by atoms with Crippen molar-refractivity contribution in [3.05, 3.63) is 36.0 Å². The predicted molar refractivity (Wildman–Crippen MR) is 70.9 cm³/mol. The van der Waals surface area contributed by atoms with Crippen LogP contribution in [0.2, 0.25) is 0 Å². The van der Waals surface area contributed by atoms with E-state index in [4.69, 9.17) is 10.5 Å². The van der Waals surface area contributed by atoms with Crippen LogP contribution >= 0.6 is 0 Å². The van der Waals surface area contributed by atoms with E-state index in [9.17, 15) is 0 Å². The highest BCUT2D eigenvalue weighted by Gasteiger charge is 2.22. The van der Waals surface area contributed by atoms with Gasteiger partial charge in [0.05, 0.1) is 25.5 Å². The molecule has 0 spiro atoms. The molecular formula is C13H16N4O. The number of fused-ring (bicyclic) bond motifs is 1. The maximum Gasteiger partial charge on any atom is 0.147 e. The van der Waals surface area contributed by atoms with Gasteiger partial charge in [-0.25, -0.2) is 4.68 Å². The van der Waals surface area contributed by atoms with E-state index in [-0.39, 0.29) is 0 Å². The summed E-state index contributed by atoms with van der Waals surface area (Å²) in [6.45, 7) is 1.70. The van der Waals surface area contributed by atoms with Gasteiger partial charge in [-0.05, 0) is 17.7 Å². The molecule has 18 heavy (non-hydrogen) atoms. The Kier molecular flexibility index (Phi) is 2.59. The number of hydrogen-bond donors (Lipinski definition) is 2. The van der Waals surface area contributed by atoms with Gasteiger partial charge in [0, 0.05) is 12.5 Å². The van der Waals surface area contributed by atoms with Crippen molar-refractivity contribution in [2.75, 3.05) is 24.7 Å². The lowest BCUT2D eigenvalue weighted by atomic mass is 9.97. The Bertz CT molecular complexity index is 564. The minimum Gasteiger partial charge on any atom is -0.497 e. The zero-order valence-corrected chi connectivity index (χ0v) is 10.3. The molecule has 1 atom stereocenters. The van der Waals surface area contributed by atoms with Crippen LogP contribution in [-0.4, -0.2) is 23.4 Å². The molecule has 1 aromatic carbocycles. The molecule has 0 amide bonds. The highest BCUT2D eigenvalue weighted by molar-refractivity contribution is 5.61. The number of methoxy groups -OCH3 is 1. The van der Waals surface area contributed by atoms with Gasteiger partial charge >= 0.3 is 0 Å². The molecule has 0 aliphatic carbocycles. The molecule has 0 saturated carbocycles. The molecular weight excluding hydrogens is 228 g/mol. The van der Waals surface area contributed by atoms with E-state index >= 15 is 0 Å².